The highest BCUT2D eigenvalue weighted by Gasteiger charge is 2.28. The molecule has 4 heteroatoms. The number of ether oxygens (including phenoxy) is 1. The van der Waals surface area contributed by atoms with Gasteiger partial charge in [0.2, 0.25) is 0 Å². The second-order valence-electron chi connectivity index (χ2n) is 8.21. The van der Waals surface area contributed by atoms with Crippen molar-refractivity contribution in [3.05, 3.63) is 65.7 Å². The number of piperidine rings is 1. The van der Waals surface area contributed by atoms with Crippen LogP contribution in [-0.2, 0) is 6.42 Å². The third-order valence-electron chi connectivity index (χ3n) is 5.63. The minimum atomic E-state index is -0.500. The molecule has 1 fully saturated rings. The number of benzene rings is 2. The summed E-state index contributed by atoms with van der Waals surface area (Å²) in [6.07, 6.45) is 4.48. The molecule has 1 heterocycles. The normalized spacial score (nSPS) is 17.1. The van der Waals surface area contributed by atoms with Gasteiger partial charge in [-0.1, -0.05) is 42.5 Å². The number of nitrogens with zero attached hydrogens (tertiary/aromatic N) is 1. The summed E-state index contributed by atoms with van der Waals surface area (Å²) in [5.74, 6) is 0.757. The van der Waals surface area contributed by atoms with Gasteiger partial charge in [0, 0.05) is 12.0 Å². The van der Waals surface area contributed by atoms with Crippen LogP contribution >= 0.6 is 0 Å². The van der Waals surface area contributed by atoms with Gasteiger partial charge in [-0.3, -0.25) is 4.79 Å². The van der Waals surface area contributed by atoms with Crippen LogP contribution in [0.3, 0.4) is 0 Å². The summed E-state index contributed by atoms with van der Waals surface area (Å²) in [5.41, 5.74) is 1.83. The predicted octanol–water partition coefficient (Wildman–Crippen LogP) is 3.87. The molecule has 0 amide bonds. The number of quaternary nitrogens is 1. The average Bonchev–Trinajstić information content (AvgIpc) is 2.72. The standard InChI is InChI=1S/C24H32NO3/c1-25(15-6-3-7-16-25)18-22(26)19-28-23-12-8-11-21(17-23)24(27)14-13-20-9-4-2-5-10-20/h2,4-5,8-12,17,22,26H,3,6-7,13-16,18-19H2,1H3/q+1. The molecule has 0 aliphatic carbocycles. The molecule has 28 heavy (non-hydrogen) atoms. The van der Waals surface area contributed by atoms with Crippen molar-refractivity contribution in [2.75, 3.05) is 33.3 Å². The van der Waals surface area contributed by atoms with Crippen molar-refractivity contribution < 1.29 is 19.1 Å². The summed E-state index contributed by atoms with van der Waals surface area (Å²) in [6, 6.07) is 17.4. The highest BCUT2D eigenvalue weighted by atomic mass is 16.5. The van der Waals surface area contributed by atoms with Gasteiger partial charge in [0.25, 0.3) is 0 Å². The molecule has 0 bridgehead atoms. The van der Waals surface area contributed by atoms with Crippen LogP contribution in [0.5, 0.6) is 5.75 Å². The molecule has 0 aromatic heterocycles. The molecular weight excluding hydrogens is 350 g/mol. The Bertz CT molecular complexity index is 753. The summed E-state index contributed by atoms with van der Waals surface area (Å²) < 4.78 is 6.71. The molecular formula is C24H32NO3+. The van der Waals surface area contributed by atoms with E-state index >= 15 is 0 Å². The summed E-state index contributed by atoms with van der Waals surface area (Å²) in [4.78, 5) is 12.5. The first-order valence-electron chi connectivity index (χ1n) is 10.4. The Morgan fingerprint density at radius 1 is 1.07 bits per heavy atom. The van der Waals surface area contributed by atoms with Gasteiger partial charge in [-0.15, -0.1) is 0 Å². The van der Waals surface area contributed by atoms with Gasteiger partial charge in [0.05, 0.1) is 20.1 Å². The third-order valence-corrected chi connectivity index (χ3v) is 5.63. The first kappa shape index (κ1) is 20.6. The van der Waals surface area contributed by atoms with Crippen LogP contribution in [0.25, 0.3) is 0 Å². The van der Waals surface area contributed by atoms with Gasteiger partial charge in [-0.25, -0.2) is 0 Å². The van der Waals surface area contributed by atoms with Crippen molar-refractivity contribution in [2.24, 2.45) is 0 Å². The van der Waals surface area contributed by atoms with Crippen molar-refractivity contribution >= 4 is 5.78 Å². The number of rotatable bonds is 9. The van der Waals surface area contributed by atoms with Gasteiger partial charge in [-0.2, -0.15) is 0 Å². The van der Waals surface area contributed by atoms with E-state index in [4.69, 9.17) is 4.74 Å². The number of Topliss-reactive ketones (excluding diaryl/α,β-unsaturated/α-hetero) is 1. The monoisotopic (exact) mass is 382 g/mol. The third kappa shape index (κ3) is 6.18. The molecule has 3 rings (SSSR count). The highest BCUT2D eigenvalue weighted by molar-refractivity contribution is 5.96. The first-order chi connectivity index (χ1) is 13.5. The first-order valence-corrected chi connectivity index (χ1v) is 10.4. The van der Waals surface area contributed by atoms with Crippen molar-refractivity contribution in [1.82, 2.24) is 0 Å². The van der Waals surface area contributed by atoms with Gasteiger partial charge in [0.15, 0.2) is 5.78 Å². The molecule has 1 saturated heterocycles. The predicted molar refractivity (Wildman–Crippen MR) is 112 cm³/mol. The number of likely N-dealkylation sites (tertiary alicyclic amines) is 1. The second kappa shape index (κ2) is 9.85. The maximum atomic E-state index is 12.5. The Labute approximate surface area is 168 Å². The average molecular weight is 383 g/mol. The van der Waals surface area contributed by atoms with E-state index in [2.05, 4.69) is 7.05 Å². The number of aliphatic hydroxyl groups is 1. The smallest absolute Gasteiger partial charge is 0.163 e. The van der Waals surface area contributed by atoms with Crippen LogP contribution in [0.4, 0.5) is 0 Å². The largest absolute Gasteiger partial charge is 0.491 e. The van der Waals surface area contributed by atoms with Gasteiger partial charge < -0.3 is 14.3 Å². The molecule has 1 aliphatic heterocycles. The fourth-order valence-electron chi connectivity index (χ4n) is 4.02. The lowest BCUT2D eigenvalue weighted by Gasteiger charge is -2.39. The van der Waals surface area contributed by atoms with E-state index in [0.29, 0.717) is 17.7 Å². The molecule has 0 radical (unpaired) electrons. The molecule has 150 valence electrons. The van der Waals surface area contributed by atoms with Crippen LogP contribution in [0.1, 0.15) is 41.6 Å². The second-order valence-corrected chi connectivity index (χ2v) is 8.21. The van der Waals surface area contributed by atoms with Crippen LogP contribution in [0.15, 0.2) is 54.6 Å². The Morgan fingerprint density at radius 2 is 1.82 bits per heavy atom. The topological polar surface area (TPSA) is 46.5 Å². The van der Waals surface area contributed by atoms with Crippen molar-refractivity contribution in [2.45, 2.75) is 38.2 Å². The lowest BCUT2D eigenvalue weighted by molar-refractivity contribution is -0.916. The zero-order chi connectivity index (χ0) is 19.8. The Kier molecular flexibility index (Phi) is 7.24. The van der Waals surface area contributed by atoms with Crippen LogP contribution in [-0.4, -0.2) is 54.8 Å². The molecule has 4 nitrogen and oxygen atoms in total. The molecule has 1 N–H and O–H groups in total. The fraction of sp³-hybridized carbons (Fsp3) is 0.458. The number of aliphatic hydroxyl groups excluding tert-OH is 1. The summed E-state index contributed by atoms with van der Waals surface area (Å²) in [6.45, 7) is 3.23. The lowest BCUT2D eigenvalue weighted by Crippen LogP contribution is -2.52. The number of aryl methyl sites for hydroxylation is 1. The zero-order valence-electron chi connectivity index (χ0n) is 16.8. The maximum Gasteiger partial charge on any atom is 0.163 e. The van der Waals surface area contributed by atoms with Crippen LogP contribution < -0.4 is 4.74 Å². The van der Waals surface area contributed by atoms with E-state index in [0.717, 1.165) is 30.5 Å². The minimum absolute atomic E-state index is 0.112. The summed E-state index contributed by atoms with van der Waals surface area (Å²) in [7, 11) is 2.22. The number of ketones is 1. The molecule has 1 atom stereocenters. The number of hydrogen-bond donors (Lipinski definition) is 1. The molecule has 1 aliphatic rings. The van der Waals surface area contributed by atoms with E-state index in [9.17, 15) is 9.90 Å². The van der Waals surface area contributed by atoms with Gasteiger partial charge in [-0.05, 0) is 43.4 Å². The zero-order valence-corrected chi connectivity index (χ0v) is 16.8. The van der Waals surface area contributed by atoms with Crippen molar-refractivity contribution in [3.8, 4) is 5.75 Å². The van der Waals surface area contributed by atoms with E-state index < -0.39 is 6.10 Å². The summed E-state index contributed by atoms with van der Waals surface area (Å²) in [5, 5.41) is 10.4. The number of carbonyl (C=O) groups is 1. The Morgan fingerprint density at radius 3 is 2.57 bits per heavy atom. The van der Waals surface area contributed by atoms with E-state index in [1.165, 1.54) is 24.8 Å². The molecule has 2 aromatic rings. The van der Waals surface area contributed by atoms with E-state index in [1.54, 1.807) is 6.07 Å². The van der Waals surface area contributed by atoms with Crippen LogP contribution in [0.2, 0.25) is 0 Å². The van der Waals surface area contributed by atoms with Crippen LogP contribution in [0, 0.1) is 0 Å². The fourth-order valence-corrected chi connectivity index (χ4v) is 4.02. The van der Waals surface area contributed by atoms with Gasteiger partial charge >= 0.3 is 0 Å². The number of likely N-dealkylation sites (N-methyl/N-ethyl adjacent to an activating group) is 1. The van der Waals surface area contributed by atoms with Gasteiger partial charge in [0.1, 0.15) is 25.0 Å². The quantitative estimate of drug-likeness (QED) is 0.529. The maximum absolute atomic E-state index is 12.5. The Hall–Kier alpha value is -2.17. The minimum Gasteiger partial charge on any atom is -0.491 e. The van der Waals surface area contributed by atoms with Crippen molar-refractivity contribution in [1.29, 1.82) is 0 Å². The molecule has 0 spiro atoms. The summed E-state index contributed by atoms with van der Waals surface area (Å²) >= 11 is 0. The lowest BCUT2D eigenvalue weighted by atomic mass is 10.0. The van der Waals surface area contributed by atoms with E-state index in [-0.39, 0.29) is 12.4 Å². The molecule has 2 aromatic carbocycles. The van der Waals surface area contributed by atoms with E-state index in [1.807, 2.05) is 48.5 Å². The highest BCUT2D eigenvalue weighted by Crippen LogP contribution is 2.19. The van der Waals surface area contributed by atoms with Crippen molar-refractivity contribution in [3.63, 3.8) is 0 Å². The number of carbonyl (C=O) groups excluding carboxylic acids is 1. The SMILES string of the molecule is C[N+]1(CC(O)COc2cccc(C(=O)CCc3ccccc3)c2)CCCCC1. The molecule has 1 unspecified atom stereocenters. The molecule has 0 saturated carbocycles. The Balaban J connectivity index is 1.49. The number of hydrogen-bond acceptors (Lipinski definition) is 3.